The van der Waals surface area contributed by atoms with Crippen molar-refractivity contribution in [2.45, 2.75) is 12.8 Å². The molecule has 0 atom stereocenters. The van der Waals surface area contributed by atoms with Gasteiger partial charge in [-0.2, -0.15) is 5.10 Å². The topological polar surface area (TPSA) is 87.6 Å². The molecule has 2 aromatic heterocycles. The van der Waals surface area contributed by atoms with Gasteiger partial charge in [-0.1, -0.05) is 6.07 Å². The molecule has 5 heteroatoms. The molecule has 4 N–H and O–H groups in total. The summed E-state index contributed by atoms with van der Waals surface area (Å²) in [7, 11) is 0. The van der Waals surface area contributed by atoms with E-state index in [0.29, 0.717) is 5.56 Å². The third-order valence-corrected chi connectivity index (χ3v) is 3.80. The molecule has 5 nitrogen and oxygen atoms in total. The number of carbonyl (C=O) groups is 1. The highest BCUT2D eigenvalue weighted by Gasteiger charge is 2.22. The summed E-state index contributed by atoms with van der Waals surface area (Å²) in [6.45, 7) is 0. The number of carbonyl (C=O) groups excluding carboxylic acids is 1. The first-order valence-corrected chi connectivity index (χ1v) is 6.21. The van der Waals surface area contributed by atoms with Crippen molar-refractivity contribution in [1.29, 1.82) is 0 Å². The Hall–Kier alpha value is -2.56. The molecule has 0 aliphatic heterocycles. The maximum atomic E-state index is 11.2. The molecule has 0 bridgehead atoms. The molecule has 3 aromatic rings. The van der Waals surface area contributed by atoms with Crippen LogP contribution in [0.5, 0.6) is 0 Å². The van der Waals surface area contributed by atoms with Gasteiger partial charge < -0.3 is 10.7 Å². The number of rotatable bonds is 1. The Morgan fingerprint density at radius 1 is 1.26 bits per heavy atom. The number of fused-ring (bicyclic) bond motifs is 5. The minimum absolute atomic E-state index is 0.406. The summed E-state index contributed by atoms with van der Waals surface area (Å²) < 4.78 is 0. The van der Waals surface area contributed by atoms with Gasteiger partial charge >= 0.3 is 0 Å². The van der Waals surface area contributed by atoms with Crippen LogP contribution in [0.3, 0.4) is 0 Å². The van der Waals surface area contributed by atoms with E-state index in [9.17, 15) is 4.79 Å². The molecule has 0 saturated carbocycles. The summed E-state index contributed by atoms with van der Waals surface area (Å²) in [5, 5.41) is 8.29. The molecule has 1 aliphatic rings. The fourth-order valence-corrected chi connectivity index (χ4v) is 2.86. The average molecular weight is 252 g/mol. The lowest BCUT2D eigenvalue weighted by Crippen LogP contribution is -2.10. The first kappa shape index (κ1) is 10.4. The molecule has 2 heterocycles. The number of benzene rings is 1. The molecular formula is C14H12N4O. The fourth-order valence-electron chi connectivity index (χ4n) is 2.86. The molecule has 94 valence electrons. The number of nitrogens with two attached hydrogens (primary N) is 1. The van der Waals surface area contributed by atoms with E-state index >= 15 is 0 Å². The predicted molar refractivity (Wildman–Crippen MR) is 71.8 cm³/mol. The summed E-state index contributed by atoms with van der Waals surface area (Å²) in [6.07, 6.45) is 3.85. The molecule has 1 aliphatic carbocycles. The van der Waals surface area contributed by atoms with Crippen LogP contribution in [-0.4, -0.2) is 21.1 Å². The van der Waals surface area contributed by atoms with E-state index in [-0.39, 0.29) is 0 Å². The van der Waals surface area contributed by atoms with Crippen molar-refractivity contribution in [2.75, 3.05) is 0 Å². The number of aromatic amines is 2. The van der Waals surface area contributed by atoms with E-state index < -0.39 is 5.91 Å². The Morgan fingerprint density at radius 2 is 2.16 bits per heavy atom. The molecule has 0 saturated heterocycles. The highest BCUT2D eigenvalue weighted by molar-refractivity contribution is 5.99. The van der Waals surface area contributed by atoms with Gasteiger partial charge in [0.1, 0.15) is 0 Å². The quantitative estimate of drug-likeness (QED) is 0.616. The van der Waals surface area contributed by atoms with Gasteiger partial charge in [0.2, 0.25) is 5.91 Å². The normalized spacial score (nSPS) is 13.3. The smallest absolute Gasteiger partial charge is 0.248 e. The van der Waals surface area contributed by atoms with Gasteiger partial charge in [-0.15, -0.1) is 0 Å². The van der Waals surface area contributed by atoms with E-state index in [1.165, 1.54) is 11.1 Å². The number of hydrogen-bond acceptors (Lipinski definition) is 2. The largest absolute Gasteiger partial charge is 0.366 e. The van der Waals surface area contributed by atoms with Crippen LogP contribution in [0.25, 0.3) is 22.3 Å². The van der Waals surface area contributed by atoms with Crippen LogP contribution >= 0.6 is 0 Å². The third-order valence-electron chi connectivity index (χ3n) is 3.80. The number of hydrogen-bond donors (Lipinski definition) is 3. The van der Waals surface area contributed by atoms with Crippen LogP contribution in [0.4, 0.5) is 0 Å². The van der Waals surface area contributed by atoms with E-state index in [4.69, 9.17) is 5.73 Å². The van der Waals surface area contributed by atoms with Crippen LogP contribution in [0, 0.1) is 0 Å². The van der Waals surface area contributed by atoms with Crippen molar-refractivity contribution >= 4 is 16.8 Å². The molecule has 0 radical (unpaired) electrons. The van der Waals surface area contributed by atoms with Crippen LogP contribution < -0.4 is 5.73 Å². The van der Waals surface area contributed by atoms with Crippen LogP contribution in [0.2, 0.25) is 0 Å². The van der Waals surface area contributed by atoms with E-state index in [1.807, 2.05) is 18.3 Å². The van der Waals surface area contributed by atoms with Gasteiger partial charge in [0.15, 0.2) is 0 Å². The molecule has 0 spiro atoms. The molecule has 0 unspecified atom stereocenters. The second kappa shape index (κ2) is 3.47. The lowest BCUT2D eigenvalue weighted by Gasteiger charge is -2.11. The Balaban J connectivity index is 2.01. The molecule has 1 amide bonds. The maximum Gasteiger partial charge on any atom is 0.248 e. The number of nitrogens with one attached hydrogen (secondary N) is 2. The van der Waals surface area contributed by atoms with E-state index in [2.05, 4.69) is 15.2 Å². The van der Waals surface area contributed by atoms with Gasteiger partial charge in [0.05, 0.1) is 17.6 Å². The number of aromatic nitrogens is 3. The van der Waals surface area contributed by atoms with Gasteiger partial charge in [-0.05, 0) is 36.1 Å². The van der Waals surface area contributed by atoms with E-state index in [1.54, 1.807) is 6.07 Å². The first-order chi connectivity index (χ1) is 9.24. The number of H-pyrrole nitrogens is 2. The number of nitrogens with zero attached hydrogens (tertiary/aromatic N) is 1. The summed E-state index contributed by atoms with van der Waals surface area (Å²) in [5.74, 6) is -0.406. The average Bonchev–Trinajstić information content (AvgIpc) is 3.01. The van der Waals surface area contributed by atoms with Gasteiger partial charge in [0, 0.05) is 16.5 Å². The highest BCUT2D eigenvalue weighted by Crippen LogP contribution is 2.36. The monoisotopic (exact) mass is 252 g/mol. The van der Waals surface area contributed by atoms with E-state index in [0.717, 1.165) is 35.1 Å². The first-order valence-electron chi connectivity index (χ1n) is 6.21. The van der Waals surface area contributed by atoms with Crippen LogP contribution in [0.1, 0.15) is 21.5 Å². The van der Waals surface area contributed by atoms with Gasteiger partial charge in [-0.25, -0.2) is 0 Å². The lowest BCUT2D eigenvalue weighted by atomic mass is 9.94. The molecular weight excluding hydrogens is 240 g/mol. The van der Waals surface area contributed by atoms with Crippen LogP contribution in [-0.2, 0) is 12.8 Å². The number of primary amides is 1. The van der Waals surface area contributed by atoms with Crippen molar-refractivity contribution in [3.63, 3.8) is 0 Å². The van der Waals surface area contributed by atoms with Crippen LogP contribution in [0.15, 0.2) is 24.4 Å². The zero-order valence-corrected chi connectivity index (χ0v) is 10.2. The van der Waals surface area contributed by atoms with Crippen molar-refractivity contribution < 1.29 is 4.79 Å². The minimum atomic E-state index is -0.406. The highest BCUT2D eigenvalue weighted by atomic mass is 16.1. The summed E-state index contributed by atoms with van der Waals surface area (Å²) >= 11 is 0. The molecule has 0 fully saturated rings. The molecule has 19 heavy (non-hydrogen) atoms. The van der Waals surface area contributed by atoms with Crippen molar-refractivity contribution in [3.05, 3.63) is 41.1 Å². The Labute approximate surface area is 108 Å². The number of amides is 1. The third kappa shape index (κ3) is 1.35. The second-order valence-electron chi connectivity index (χ2n) is 4.87. The second-order valence-corrected chi connectivity index (χ2v) is 4.87. The lowest BCUT2D eigenvalue weighted by molar-refractivity contribution is 0.100. The zero-order valence-electron chi connectivity index (χ0n) is 10.2. The molecule has 1 aromatic carbocycles. The Bertz CT molecular complexity index is 812. The van der Waals surface area contributed by atoms with Crippen molar-refractivity contribution in [1.82, 2.24) is 15.2 Å². The van der Waals surface area contributed by atoms with Crippen molar-refractivity contribution in [2.24, 2.45) is 5.73 Å². The maximum absolute atomic E-state index is 11.2. The summed E-state index contributed by atoms with van der Waals surface area (Å²) in [6, 6.07) is 5.55. The van der Waals surface area contributed by atoms with Crippen molar-refractivity contribution in [3.8, 4) is 11.4 Å². The predicted octanol–water partition coefficient (Wildman–Crippen LogP) is 1.76. The fraction of sp³-hybridized carbons (Fsp3) is 0.143. The summed E-state index contributed by atoms with van der Waals surface area (Å²) in [5.41, 5.74) is 11.4. The van der Waals surface area contributed by atoms with Gasteiger partial charge in [-0.3, -0.25) is 9.89 Å². The number of aryl methyl sites for hydroxylation is 2. The molecule has 4 rings (SSSR count). The standard InChI is InChI=1S/C14H12N4O/c15-14(19)7-1-3-9-10-4-2-8-6-16-18-12(8)13(10)17-11(9)5-7/h1,3,5-6,17H,2,4H2,(H2,15,19)(H,16,18). The zero-order chi connectivity index (χ0) is 13.0. The SMILES string of the molecule is NC(=O)c1ccc2c3c([nH]c2c1)-c1[nH]ncc1CC3. The Morgan fingerprint density at radius 3 is 3.00 bits per heavy atom. The summed E-state index contributed by atoms with van der Waals surface area (Å²) in [4.78, 5) is 14.6. The minimum Gasteiger partial charge on any atom is -0.366 e. The Kier molecular flexibility index (Phi) is 1.90. The van der Waals surface area contributed by atoms with Gasteiger partial charge in [0.25, 0.3) is 0 Å².